The van der Waals surface area contributed by atoms with Gasteiger partial charge in [-0.2, -0.15) is 15.0 Å². The Bertz CT molecular complexity index is 604. The molecule has 2 aromatic rings. The number of anilines is 1. The monoisotopic (exact) mass is 290 g/mol. The number of aromatic nitrogens is 3. The van der Waals surface area contributed by atoms with Crippen molar-refractivity contribution >= 4 is 5.95 Å². The SMILES string of the molecule is CCCNc1nc(OC(C)C)nc(-c2ccccc2F)n1. The van der Waals surface area contributed by atoms with Crippen molar-refractivity contribution < 1.29 is 9.13 Å². The van der Waals surface area contributed by atoms with Gasteiger partial charge >= 0.3 is 6.01 Å². The number of ether oxygens (including phenoxy) is 1. The van der Waals surface area contributed by atoms with E-state index in [-0.39, 0.29) is 23.8 Å². The van der Waals surface area contributed by atoms with E-state index >= 15 is 0 Å². The lowest BCUT2D eigenvalue weighted by atomic mass is 10.2. The largest absolute Gasteiger partial charge is 0.461 e. The van der Waals surface area contributed by atoms with Crippen molar-refractivity contribution in [2.45, 2.75) is 33.3 Å². The maximum absolute atomic E-state index is 13.9. The third-order valence-corrected chi connectivity index (χ3v) is 2.60. The van der Waals surface area contributed by atoms with Crippen molar-refractivity contribution in [1.29, 1.82) is 0 Å². The first kappa shape index (κ1) is 15.2. The molecule has 1 N–H and O–H groups in total. The third-order valence-electron chi connectivity index (χ3n) is 2.60. The van der Waals surface area contributed by atoms with Crippen LogP contribution < -0.4 is 10.1 Å². The molecule has 0 aliphatic rings. The Morgan fingerprint density at radius 3 is 2.62 bits per heavy atom. The maximum Gasteiger partial charge on any atom is 0.322 e. The molecule has 1 heterocycles. The van der Waals surface area contributed by atoms with E-state index < -0.39 is 0 Å². The molecule has 0 amide bonds. The molecule has 0 saturated heterocycles. The average molecular weight is 290 g/mol. The quantitative estimate of drug-likeness (QED) is 0.884. The lowest BCUT2D eigenvalue weighted by Crippen LogP contribution is -2.12. The molecular formula is C15H19FN4O. The first-order valence-corrected chi connectivity index (χ1v) is 7.01. The van der Waals surface area contributed by atoms with Crippen LogP contribution in [0.4, 0.5) is 10.3 Å². The summed E-state index contributed by atoms with van der Waals surface area (Å²) in [7, 11) is 0. The van der Waals surface area contributed by atoms with Gasteiger partial charge in [-0.25, -0.2) is 4.39 Å². The number of hydrogen-bond donors (Lipinski definition) is 1. The Balaban J connectivity index is 2.41. The molecule has 0 spiro atoms. The molecule has 0 saturated carbocycles. The lowest BCUT2D eigenvalue weighted by molar-refractivity contribution is 0.222. The Kier molecular flexibility index (Phi) is 5.03. The van der Waals surface area contributed by atoms with Crippen molar-refractivity contribution in [3.05, 3.63) is 30.1 Å². The lowest BCUT2D eigenvalue weighted by Gasteiger charge is -2.11. The minimum absolute atomic E-state index is 0.0695. The van der Waals surface area contributed by atoms with Gasteiger partial charge in [0.15, 0.2) is 5.82 Å². The highest BCUT2D eigenvalue weighted by molar-refractivity contribution is 5.57. The minimum Gasteiger partial charge on any atom is -0.461 e. The number of hydrogen-bond acceptors (Lipinski definition) is 5. The minimum atomic E-state index is -0.374. The van der Waals surface area contributed by atoms with Crippen molar-refractivity contribution in [1.82, 2.24) is 15.0 Å². The highest BCUT2D eigenvalue weighted by Gasteiger charge is 2.13. The van der Waals surface area contributed by atoms with Gasteiger partial charge in [0.25, 0.3) is 0 Å². The first-order valence-electron chi connectivity index (χ1n) is 7.01. The van der Waals surface area contributed by atoms with E-state index in [1.54, 1.807) is 18.2 Å². The summed E-state index contributed by atoms with van der Waals surface area (Å²) in [4.78, 5) is 12.6. The summed E-state index contributed by atoms with van der Waals surface area (Å²) in [5.41, 5.74) is 0.327. The zero-order valence-electron chi connectivity index (χ0n) is 12.4. The van der Waals surface area contributed by atoms with E-state index in [1.807, 2.05) is 20.8 Å². The molecule has 0 aliphatic heterocycles. The van der Waals surface area contributed by atoms with Gasteiger partial charge in [-0.1, -0.05) is 19.1 Å². The molecule has 1 aromatic carbocycles. The molecule has 2 rings (SSSR count). The van der Waals surface area contributed by atoms with Crippen LogP contribution in [0.5, 0.6) is 6.01 Å². The molecule has 1 aromatic heterocycles. The summed E-state index contributed by atoms with van der Waals surface area (Å²) in [5, 5.41) is 3.07. The summed E-state index contributed by atoms with van der Waals surface area (Å²) in [6.07, 6.45) is 0.862. The predicted molar refractivity (Wildman–Crippen MR) is 79.8 cm³/mol. The van der Waals surface area contributed by atoms with Gasteiger partial charge in [0.2, 0.25) is 5.95 Å². The number of rotatable bonds is 6. The Morgan fingerprint density at radius 2 is 1.95 bits per heavy atom. The van der Waals surface area contributed by atoms with Crippen LogP contribution in [0.2, 0.25) is 0 Å². The van der Waals surface area contributed by atoms with E-state index in [9.17, 15) is 4.39 Å². The Morgan fingerprint density at radius 1 is 1.19 bits per heavy atom. The van der Waals surface area contributed by atoms with E-state index in [1.165, 1.54) is 6.07 Å². The average Bonchev–Trinajstić information content (AvgIpc) is 2.44. The van der Waals surface area contributed by atoms with E-state index in [0.717, 1.165) is 13.0 Å². The molecule has 0 aliphatic carbocycles. The summed E-state index contributed by atoms with van der Waals surface area (Å²) in [6, 6.07) is 6.57. The Hall–Kier alpha value is -2.24. The number of halogens is 1. The van der Waals surface area contributed by atoms with Gasteiger partial charge in [0.1, 0.15) is 5.82 Å². The fraction of sp³-hybridized carbons (Fsp3) is 0.400. The van der Waals surface area contributed by atoms with Crippen molar-refractivity contribution in [3.63, 3.8) is 0 Å². The normalized spacial score (nSPS) is 10.7. The summed E-state index contributed by atoms with van der Waals surface area (Å²) in [5.74, 6) is 0.277. The van der Waals surface area contributed by atoms with Crippen molar-refractivity contribution in [2.75, 3.05) is 11.9 Å². The molecule has 0 fully saturated rings. The number of benzene rings is 1. The van der Waals surface area contributed by atoms with Crippen LogP contribution in [-0.4, -0.2) is 27.6 Å². The van der Waals surface area contributed by atoms with Gasteiger partial charge in [-0.15, -0.1) is 0 Å². The second-order valence-electron chi connectivity index (χ2n) is 4.84. The van der Waals surface area contributed by atoms with Crippen LogP contribution in [0.3, 0.4) is 0 Å². The molecule has 6 heteroatoms. The van der Waals surface area contributed by atoms with Crippen LogP contribution in [0.15, 0.2) is 24.3 Å². The molecule has 5 nitrogen and oxygen atoms in total. The fourth-order valence-corrected chi connectivity index (χ4v) is 1.70. The van der Waals surface area contributed by atoms with Crippen LogP contribution in [0.25, 0.3) is 11.4 Å². The van der Waals surface area contributed by atoms with Crippen LogP contribution >= 0.6 is 0 Å². The smallest absolute Gasteiger partial charge is 0.322 e. The van der Waals surface area contributed by atoms with E-state index in [0.29, 0.717) is 11.5 Å². The Labute approximate surface area is 123 Å². The summed E-state index contributed by atoms with van der Waals surface area (Å²) < 4.78 is 19.4. The van der Waals surface area contributed by atoms with Gasteiger partial charge in [0.05, 0.1) is 11.7 Å². The molecule has 112 valence electrons. The zero-order valence-corrected chi connectivity index (χ0v) is 12.4. The van der Waals surface area contributed by atoms with E-state index in [4.69, 9.17) is 4.74 Å². The first-order chi connectivity index (χ1) is 10.1. The molecule has 0 unspecified atom stereocenters. The van der Waals surface area contributed by atoms with Gasteiger partial charge in [0, 0.05) is 6.54 Å². The number of nitrogens with zero attached hydrogens (tertiary/aromatic N) is 3. The second kappa shape index (κ2) is 6.97. The maximum atomic E-state index is 13.9. The van der Waals surface area contributed by atoms with Crippen molar-refractivity contribution in [3.8, 4) is 17.4 Å². The standard InChI is InChI=1S/C15H19FN4O/c1-4-9-17-14-18-13(11-7-5-6-8-12(11)16)19-15(20-14)21-10(2)3/h5-8,10H,4,9H2,1-3H3,(H,17,18,19,20). The molecular weight excluding hydrogens is 271 g/mol. The summed E-state index contributed by atoms with van der Waals surface area (Å²) >= 11 is 0. The molecule has 0 bridgehead atoms. The highest BCUT2D eigenvalue weighted by atomic mass is 19.1. The third kappa shape index (κ3) is 4.11. The predicted octanol–water partition coefficient (Wildman–Crippen LogP) is 3.29. The molecule has 0 atom stereocenters. The molecule has 0 radical (unpaired) electrons. The van der Waals surface area contributed by atoms with E-state index in [2.05, 4.69) is 20.3 Å². The van der Waals surface area contributed by atoms with Crippen LogP contribution in [0.1, 0.15) is 27.2 Å². The van der Waals surface area contributed by atoms with Gasteiger partial charge in [-0.3, -0.25) is 0 Å². The molecule has 21 heavy (non-hydrogen) atoms. The van der Waals surface area contributed by atoms with Crippen LogP contribution in [0, 0.1) is 5.82 Å². The number of nitrogens with one attached hydrogen (secondary N) is 1. The summed E-state index contributed by atoms with van der Waals surface area (Å²) in [6.45, 7) is 6.52. The van der Waals surface area contributed by atoms with Crippen molar-refractivity contribution in [2.24, 2.45) is 0 Å². The van der Waals surface area contributed by atoms with Gasteiger partial charge in [-0.05, 0) is 32.4 Å². The van der Waals surface area contributed by atoms with Gasteiger partial charge < -0.3 is 10.1 Å². The fourth-order valence-electron chi connectivity index (χ4n) is 1.70. The topological polar surface area (TPSA) is 59.9 Å². The second-order valence-corrected chi connectivity index (χ2v) is 4.84. The highest BCUT2D eigenvalue weighted by Crippen LogP contribution is 2.22. The zero-order chi connectivity index (χ0) is 15.2. The van der Waals surface area contributed by atoms with Crippen LogP contribution in [-0.2, 0) is 0 Å².